The molecule has 0 unspecified atom stereocenters. The maximum atomic E-state index is 10.6. The number of aldehydes is 1. The lowest BCUT2D eigenvalue weighted by Gasteiger charge is -2.17. The van der Waals surface area contributed by atoms with Gasteiger partial charge < -0.3 is 23.9 Å². The second kappa shape index (κ2) is 15.7. The molecular formula is C30H45N3O4. The lowest BCUT2D eigenvalue weighted by atomic mass is 9.94. The van der Waals surface area contributed by atoms with E-state index in [-0.39, 0.29) is 6.29 Å². The number of pyridine rings is 1. The first kappa shape index (κ1) is 29.1. The van der Waals surface area contributed by atoms with Gasteiger partial charge in [-0.25, -0.2) is 0 Å². The van der Waals surface area contributed by atoms with Crippen LogP contribution in [-0.2, 0) is 20.7 Å². The fourth-order valence-corrected chi connectivity index (χ4v) is 4.90. The Morgan fingerprint density at radius 1 is 1.16 bits per heavy atom. The summed E-state index contributed by atoms with van der Waals surface area (Å²) in [5.41, 5.74) is 3.94. The van der Waals surface area contributed by atoms with Gasteiger partial charge in [0.25, 0.3) is 0 Å². The van der Waals surface area contributed by atoms with E-state index in [0.29, 0.717) is 18.5 Å². The number of ether oxygens (including phenoxy) is 3. The molecule has 4 heterocycles. The minimum absolute atomic E-state index is 0.0972. The van der Waals surface area contributed by atoms with Crippen LogP contribution < -0.4 is 9.64 Å². The Kier molecular flexibility index (Phi) is 12.3. The summed E-state index contributed by atoms with van der Waals surface area (Å²) in [6, 6.07) is 11.1. The molecule has 1 aromatic carbocycles. The van der Waals surface area contributed by atoms with E-state index in [0.717, 1.165) is 64.2 Å². The molecule has 3 aliphatic heterocycles. The van der Waals surface area contributed by atoms with Crippen molar-refractivity contribution >= 4 is 12.0 Å². The summed E-state index contributed by atoms with van der Waals surface area (Å²) in [4.78, 5) is 19.2. The number of fused-ring (bicyclic) bond motifs is 1. The highest BCUT2D eigenvalue weighted by Gasteiger charge is 2.30. The Bertz CT molecular complexity index is 920. The Morgan fingerprint density at radius 3 is 2.62 bits per heavy atom. The Morgan fingerprint density at radius 2 is 1.97 bits per heavy atom. The molecule has 0 spiro atoms. The Hall–Kier alpha value is -2.48. The van der Waals surface area contributed by atoms with Gasteiger partial charge in [0.15, 0.2) is 6.29 Å². The first-order valence-electron chi connectivity index (χ1n) is 13.8. The third-order valence-corrected chi connectivity index (χ3v) is 7.16. The molecular weight excluding hydrogens is 466 g/mol. The van der Waals surface area contributed by atoms with Crippen LogP contribution in [0.2, 0.25) is 0 Å². The Labute approximate surface area is 223 Å². The van der Waals surface area contributed by atoms with Crippen molar-refractivity contribution in [3.05, 3.63) is 53.9 Å². The summed E-state index contributed by atoms with van der Waals surface area (Å²) in [7, 11) is 2.10. The zero-order valence-electron chi connectivity index (χ0n) is 23.1. The second-order valence-corrected chi connectivity index (χ2v) is 9.93. The molecule has 0 radical (unpaired) electrons. The quantitative estimate of drug-likeness (QED) is 0.458. The average Bonchev–Trinajstić information content (AvgIpc) is 3.70. The molecule has 37 heavy (non-hydrogen) atoms. The highest BCUT2D eigenvalue weighted by Crippen LogP contribution is 2.35. The molecule has 0 amide bonds. The van der Waals surface area contributed by atoms with Crippen LogP contribution in [0.3, 0.4) is 0 Å². The predicted octanol–water partition coefficient (Wildman–Crippen LogP) is 5.09. The lowest BCUT2D eigenvalue weighted by Crippen LogP contribution is -2.28. The number of hydrogen-bond donors (Lipinski definition) is 0. The van der Waals surface area contributed by atoms with Gasteiger partial charge in [0.2, 0.25) is 0 Å². The highest BCUT2D eigenvalue weighted by atomic mass is 16.7. The topological polar surface area (TPSA) is 64.1 Å². The largest absolute Gasteiger partial charge is 0.493 e. The van der Waals surface area contributed by atoms with Crippen molar-refractivity contribution in [1.82, 2.24) is 9.88 Å². The molecule has 2 saturated heterocycles. The van der Waals surface area contributed by atoms with Crippen molar-refractivity contribution in [1.29, 1.82) is 0 Å². The summed E-state index contributed by atoms with van der Waals surface area (Å²) in [5, 5.41) is 0. The number of carbonyl (C=O) groups excluding carboxylic acids is 1. The van der Waals surface area contributed by atoms with Crippen molar-refractivity contribution in [2.75, 3.05) is 51.4 Å². The van der Waals surface area contributed by atoms with Crippen molar-refractivity contribution < 1.29 is 19.0 Å². The van der Waals surface area contributed by atoms with E-state index >= 15 is 0 Å². The van der Waals surface area contributed by atoms with Crippen LogP contribution in [0.15, 0.2) is 42.7 Å². The van der Waals surface area contributed by atoms with Crippen molar-refractivity contribution in [3.63, 3.8) is 0 Å². The molecule has 0 bridgehead atoms. The van der Waals surface area contributed by atoms with Gasteiger partial charge in [-0.1, -0.05) is 32.4 Å². The zero-order chi connectivity index (χ0) is 26.5. The standard InChI is InChI=1S/C15H19NO2.C10H16N2.C5H10O2/c1-11-8-14(10-16(11)5-6-17)12-2-3-15-13(9-12)4-7-18-15;1-3-4-8-12(2)10-6-5-7-11-9-10;1-2-5-6-3-4-7-5/h2-3,6,9,11,14H,4-5,7-8,10H2,1H3;5-7,9H,3-4,8H2,1-2H3;5H,2-4H2,1H3/t11-,14+;;/m0../s1. The summed E-state index contributed by atoms with van der Waals surface area (Å²) < 4.78 is 15.7. The van der Waals surface area contributed by atoms with Gasteiger partial charge in [0, 0.05) is 38.8 Å². The predicted molar refractivity (Wildman–Crippen MR) is 148 cm³/mol. The maximum Gasteiger partial charge on any atom is 0.157 e. The van der Waals surface area contributed by atoms with Gasteiger partial charge in [-0.05, 0) is 61.4 Å². The summed E-state index contributed by atoms with van der Waals surface area (Å²) in [5.74, 6) is 1.61. The lowest BCUT2D eigenvalue weighted by molar-refractivity contribution is -0.109. The van der Waals surface area contributed by atoms with Gasteiger partial charge >= 0.3 is 0 Å². The third kappa shape index (κ3) is 9.09. The number of likely N-dealkylation sites (tertiary alicyclic amines) is 1. The van der Waals surface area contributed by atoms with Crippen molar-refractivity contribution in [2.45, 2.75) is 71.1 Å². The molecule has 3 aliphatic rings. The molecule has 0 aliphatic carbocycles. The van der Waals surface area contributed by atoms with E-state index in [1.165, 1.54) is 29.7 Å². The molecule has 5 rings (SSSR count). The van der Waals surface area contributed by atoms with Gasteiger partial charge in [0.1, 0.15) is 12.0 Å². The molecule has 1 aromatic heterocycles. The number of nitrogens with zero attached hydrogens (tertiary/aromatic N) is 3. The number of carbonyl (C=O) groups is 1. The summed E-state index contributed by atoms with van der Waals surface area (Å²) in [6.07, 6.45) is 10.4. The van der Waals surface area contributed by atoms with E-state index in [9.17, 15) is 4.79 Å². The van der Waals surface area contributed by atoms with Crippen LogP contribution in [0.25, 0.3) is 0 Å². The van der Waals surface area contributed by atoms with Crippen LogP contribution in [0.5, 0.6) is 5.75 Å². The molecule has 2 fully saturated rings. The Balaban J connectivity index is 0.000000172. The highest BCUT2D eigenvalue weighted by molar-refractivity contribution is 5.52. The minimum Gasteiger partial charge on any atom is -0.493 e. The fraction of sp³-hybridized carbons (Fsp3) is 0.600. The monoisotopic (exact) mass is 511 g/mol. The number of aromatic nitrogens is 1. The SMILES string of the molecule is CCC1OCCO1.CCCCN(C)c1cccnc1.C[C@H]1C[C@@H](c2ccc3c(c2)CCO3)CN1CC=O. The summed E-state index contributed by atoms with van der Waals surface area (Å²) >= 11 is 0. The van der Waals surface area contributed by atoms with E-state index < -0.39 is 0 Å². The molecule has 7 nitrogen and oxygen atoms in total. The smallest absolute Gasteiger partial charge is 0.157 e. The van der Waals surface area contributed by atoms with Gasteiger partial charge in [-0.15, -0.1) is 0 Å². The van der Waals surface area contributed by atoms with Crippen molar-refractivity contribution in [2.24, 2.45) is 0 Å². The maximum absolute atomic E-state index is 10.6. The normalized spacial score (nSPS) is 20.8. The van der Waals surface area contributed by atoms with E-state index in [4.69, 9.17) is 14.2 Å². The van der Waals surface area contributed by atoms with E-state index in [1.54, 1.807) is 6.20 Å². The van der Waals surface area contributed by atoms with Gasteiger partial charge in [0.05, 0.1) is 38.2 Å². The fourth-order valence-electron chi connectivity index (χ4n) is 4.90. The molecule has 2 atom stereocenters. The van der Waals surface area contributed by atoms with Crippen LogP contribution in [0.1, 0.15) is 63.5 Å². The van der Waals surface area contributed by atoms with Crippen molar-refractivity contribution in [3.8, 4) is 5.75 Å². The van der Waals surface area contributed by atoms with E-state index in [1.807, 2.05) is 12.3 Å². The first-order valence-corrected chi connectivity index (χ1v) is 13.8. The van der Waals surface area contributed by atoms with Gasteiger partial charge in [-0.3, -0.25) is 9.88 Å². The number of benzene rings is 1. The second-order valence-electron chi connectivity index (χ2n) is 9.93. The van der Waals surface area contributed by atoms with Crippen LogP contribution in [0, 0.1) is 0 Å². The molecule has 7 heteroatoms. The van der Waals surface area contributed by atoms with Gasteiger partial charge in [-0.2, -0.15) is 0 Å². The first-order chi connectivity index (χ1) is 18.0. The average molecular weight is 512 g/mol. The van der Waals surface area contributed by atoms with Crippen LogP contribution in [0.4, 0.5) is 5.69 Å². The zero-order valence-corrected chi connectivity index (χ0v) is 23.1. The molecule has 0 saturated carbocycles. The number of hydrogen-bond acceptors (Lipinski definition) is 7. The third-order valence-electron chi connectivity index (χ3n) is 7.16. The molecule has 204 valence electrons. The number of anilines is 1. The molecule has 0 N–H and O–H groups in total. The number of rotatable bonds is 8. The van der Waals surface area contributed by atoms with Crippen LogP contribution >= 0.6 is 0 Å². The summed E-state index contributed by atoms with van der Waals surface area (Å²) in [6.45, 7) is 11.5. The van der Waals surface area contributed by atoms with E-state index in [2.05, 4.69) is 66.9 Å². The minimum atomic E-state index is 0.0972. The van der Waals surface area contributed by atoms with Crippen LogP contribution in [-0.4, -0.2) is 75.0 Å². The number of unbranched alkanes of at least 4 members (excludes halogenated alkanes) is 1. The molecule has 2 aromatic rings.